The quantitative estimate of drug-likeness (QED) is 0.177. The van der Waals surface area contributed by atoms with Crippen LogP contribution in [0.1, 0.15) is 24.0 Å². The monoisotopic (exact) mass is 733 g/mol. The molecule has 57 heavy (non-hydrogen) atoms. The predicted octanol–water partition coefficient (Wildman–Crippen LogP) is 13.4. The maximum absolute atomic E-state index is 6.57. The van der Waals surface area contributed by atoms with Gasteiger partial charge in [-0.15, -0.1) is 0 Å². The average molecular weight is 734 g/mol. The van der Waals surface area contributed by atoms with Crippen LogP contribution in [0.15, 0.2) is 195 Å². The molecule has 4 heterocycles. The summed E-state index contributed by atoms with van der Waals surface area (Å²) in [5.41, 5.74) is 12.3. The molecular weight excluding hydrogens is 699 g/mol. The van der Waals surface area contributed by atoms with Gasteiger partial charge in [0, 0.05) is 61.5 Å². The van der Waals surface area contributed by atoms with Crippen LogP contribution in [0.4, 0.5) is 0 Å². The minimum Gasteiger partial charge on any atom is -0.456 e. The van der Waals surface area contributed by atoms with Crippen LogP contribution in [0.2, 0.25) is 0 Å². The summed E-state index contributed by atoms with van der Waals surface area (Å²) < 4.78 is 15.3. The van der Waals surface area contributed by atoms with Crippen LogP contribution in [0.3, 0.4) is 0 Å². The Labute approximate surface area is 328 Å². The van der Waals surface area contributed by atoms with Gasteiger partial charge in [-0.2, -0.15) is 0 Å². The van der Waals surface area contributed by atoms with Gasteiger partial charge in [0.15, 0.2) is 5.84 Å². The number of allylic oxidation sites excluding steroid dienone is 3. The Balaban J connectivity index is 1.01. The Morgan fingerprint density at radius 2 is 1.25 bits per heavy atom. The normalized spacial score (nSPS) is 17.1. The van der Waals surface area contributed by atoms with Crippen molar-refractivity contribution < 1.29 is 8.83 Å². The molecule has 7 aromatic carbocycles. The molecule has 5 heteroatoms. The second-order valence-corrected chi connectivity index (χ2v) is 15.2. The molecule has 0 N–H and O–H groups in total. The molecule has 1 aliphatic heterocycles. The Kier molecular flexibility index (Phi) is 7.11. The van der Waals surface area contributed by atoms with Gasteiger partial charge < -0.3 is 13.4 Å². The third-order valence-electron chi connectivity index (χ3n) is 11.9. The lowest BCUT2D eigenvalue weighted by atomic mass is 9.86. The summed E-state index contributed by atoms with van der Waals surface area (Å²) >= 11 is 0. The number of aromatic nitrogens is 1. The molecule has 12 rings (SSSR count). The van der Waals surface area contributed by atoms with Gasteiger partial charge in [-0.05, 0) is 78.2 Å². The van der Waals surface area contributed by atoms with E-state index in [9.17, 15) is 0 Å². The predicted molar refractivity (Wildman–Crippen MR) is 235 cm³/mol. The van der Waals surface area contributed by atoms with Gasteiger partial charge in [-0.3, -0.25) is 4.99 Å². The number of para-hydroxylation sites is 3. The number of hydrogen-bond acceptors (Lipinski definition) is 4. The Morgan fingerprint density at radius 1 is 0.526 bits per heavy atom. The molecule has 270 valence electrons. The maximum atomic E-state index is 6.57. The molecule has 10 aromatic rings. The third kappa shape index (κ3) is 5.16. The van der Waals surface area contributed by atoms with Gasteiger partial charge in [0.05, 0.1) is 22.8 Å². The lowest BCUT2D eigenvalue weighted by Crippen LogP contribution is -2.28. The molecule has 5 nitrogen and oxygen atoms in total. The molecule has 2 aliphatic rings. The number of furan rings is 2. The van der Waals surface area contributed by atoms with Crippen molar-refractivity contribution in [3.63, 3.8) is 0 Å². The summed E-state index contributed by atoms with van der Waals surface area (Å²) in [5, 5.41) is 6.85. The molecule has 0 fully saturated rings. The zero-order chi connectivity index (χ0) is 37.5. The molecule has 0 spiro atoms. The second kappa shape index (κ2) is 12.7. The van der Waals surface area contributed by atoms with Gasteiger partial charge in [0.2, 0.25) is 0 Å². The second-order valence-electron chi connectivity index (χ2n) is 15.2. The average Bonchev–Trinajstić information content (AvgIpc) is 3.95. The molecule has 0 amide bonds. The first-order chi connectivity index (χ1) is 28.2. The molecular formula is C52H35N3O2. The van der Waals surface area contributed by atoms with Crippen LogP contribution in [-0.2, 0) is 0 Å². The lowest BCUT2D eigenvalue weighted by molar-refractivity contribution is 0.515. The van der Waals surface area contributed by atoms with Crippen molar-refractivity contribution in [3.05, 3.63) is 187 Å². The van der Waals surface area contributed by atoms with E-state index in [1.54, 1.807) is 0 Å². The number of amidine groups is 1. The van der Waals surface area contributed by atoms with Crippen LogP contribution < -0.4 is 0 Å². The highest BCUT2D eigenvalue weighted by molar-refractivity contribution is 6.23. The van der Waals surface area contributed by atoms with E-state index in [1.807, 2.05) is 12.1 Å². The Morgan fingerprint density at radius 3 is 2.16 bits per heavy atom. The smallest absolute Gasteiger partial charge is 0.155 e. The first-order valence-electron chi connectivity index (χ1n) is 19.7. The zero-order valence-electron chi connectivity index (χ0n) is 31.0. The van der Waals surface area contributed by atoms with Crippen molar-refractivity contribution in [1.82, 2.24) is 4.57 Å². The van der Waals surface area contributed by atoms with Crippen molar-refractivity contribution in [1.29, 1.82) is 0 Å². The third-order valence-corrected chi connectivity index (χ3v) is 11.9. The topological polar surface area (TPSA) is 55.9 Å². The SMILES string of the molecule is C1=CCC(C2CC(c3cccc4oc5ccc(-c6ccc7c8ccccc8n(-c8ccccc8)c7c6)cc5c34)=NC(c3ccc4c(c3)oc3ccccc34)=N2)C=C1. The standard InChI is InChI=1S/C52H35N3O2/c1-3-12-32(13-4-1)43-31-44(54-52(53-43)35-23-26-40-39-17-8-10-20-47(39)57-50(40)30-35)41-18-11-21-49-51(41)42-28-33(24-27-48(42)56-49)34-22-25-38-37-16-7-9-19-45(37)55(46(38)29-34)36-14-5-2-6-15-36/h1-12,14-30,32,43H,13,31H2. The fourth-order valence-corrected chi connectivity index (χ4v) is 9.16. The van der Waals surface area contributed by atoms with Crippen molar-refractivity contribution in [2.45, 2.75) is 18.9 Å². The first kappa shape index (κ1) is 32.0. The van der Waals surface area contributed by atoms with Crippen LogP contribution >= 0.6 is 0 Å². The molecule has 0 saturated carbocycles. The van der Waals surface area contributed by atoms with E-state index in [1.165, 1.54) is 21.8 Å². The largest absolute Gasteiger partial charge is 0.456 e. The van der Waals surface area contributed by atoms with Gasteiger partial charge in [-0.25, -0.2) is 4.99 Å². The zero-order valence-corrected chi connectivity index (χ0v) is 31.0. The van der Waals surface area contributed by atoms with Crippen LogP contribution in [0.25, 0.3) is 82.5 Å². The molecule has 2 unspecified atom stereocenters. The minimum atomic E-state index is 0.0344. The van der Waals surface area contributed by atoms with Crippen LogP contribution in [0.5, 0.6) is 0 Å². The summed E-state index contributed by atoms with van der Waals surface area (Å²) in [6, 6.07) is 53.7. The van der Waals surface area contributed by atoms with Gasteiger partial charge >= 0.3 is 0 Å². The Bertz CT molecular complexity index is 3370. The number of nitrogens with zero attached hydrogens (tertiary/aromatic N) is 3. The Hall–Kier alpha value is -7.24. The molecule has 3 aromatic heterocycles. The number of aliphatic imine (C=N–C) groups is 2. The van der Waals surface area contributed by atoms with E-state index in [-0.39, 0.29) is 12.0 Å². The maximum Gasteiger partial charge on any atom is 0.155 e. The highest BCUT2D eigenvalue weighted by Crippen LogP contribution is 2.39. The van der Waals surface area contributed by atoms with Gasteiger partial charge in [0.25, 0.3) is 0 Å². The van der Waals surface area contributed by atoms with E-state index in [0.717, 1.165) is 96.2 Å². The number of hydrogen-bond donors (Lipinski definition) is 0. The highest BCUT2D eigenvalue weighted by atomic mass is 16.3. The fourth-order valence-electron chi connectivity index (χ4n) is 9.16. The van der Waals surface area contributed by atoms with E-state index >= 15 is 0 Å². The van der Waals surface area contributed by atoms with Gasteiger partial charge in [0.1, 0.15) is 22.3 Å². The minimum absolute atomic E-state index is 0.0344. The number of benzene rings is 7. The molecule has 1 aliphatic carbocycles. The summed E-state index contributed by atoms with van der Waals surface area (Å²) in [6.07, 6.45) is 10.5. The highest BCUT2D eigenvalue weighted by Gasteiger charge is 2.28. The number of fused-ring (bicyclic) bond motifs is 9. The van der Waals surface area contributed by atoms with E-state index in [2.05, 4.69) is 168 Å². The molecule has 0 bridgehead atoms. The van der Waals surface area contributed by atoms with E-state index in [4.69, 9.17) is 18.8 Å². The molecule has 2 atom stereocenters. The van der Waals surface area contributed by atoms with Crippen molar-refractivity contribution in [2.75, 3.05) is 0 Å². The summed E-state index contributed by atoms with van der Waals surface area (Å²) in [4.78, 5) is 10.7. The van der Waals surface area contributed by atoms with Crippen molar-refractivity contribution in [2.24, 2.45) is 15.9 Å². The van der Waals surface area contributed by atoms with Crippen LogP contribution in [0, 0.1) is 5.92 Å². The number of rotatable bonds is 5. The van der Waals surface area contributed by atoms with Crippen molar-refractivity contribution >= 4 is 77.2 Å². The van der Waals surface area contributed by atoms with E-state index < -0.39 is 0 Å². The fraction of sp³-hybridized carbons (Fsp3) is 0.0769. The van der Waals surface area contributed by atoms with E-state index in [0.29, 0.717) is 0 Å². The first-order valence-corrected chi connectivity index (χ1v) is 19.7. The summed E-state index contributed by atoms with van der Waals surface area (Å²) in [7, 11) is 0. The van der Waals surface area contributed by atoms with Gasteiger partial charge in [-0.1, -0.05) is 115 Å². The summed E-state index contributed by atoms with van der Waals surface area (Å²) in [6.45, 7) is 0. The molecule has 0 saturated heterocycles. The van der Waals surface area contributed by atoms with Crippen LogP contribution in [-0.4, -0.2) is 22.2 Å². The molecule has 0 radical (unpaired) electrons. The lowest BCUT2D eigenvalue weighted by Gasteiger charge is -2.27. The van der Waals surface area contributed by atoms with Crippen molar-refractivity contribution in [3.8, 4) is 16.8 Å². The summed E-state index contributed by atoms with van der Waals surface area (Å²) in [5.74, 6) is 1.01.